The molecule has 0 saturated heterocycles. The van der Waals surface area contributed by atoms with E-state index in [0.717, 1.165) is 16.9 Å². The van der Waals surface area contributed by atoms with Gasteiger partial charge in [0.05, 0.1) is 5.69 Å². The molecule has 2 aromatic rings. The van der Waals surface area contributed by atoms with Gasteiger partial charge in [0.25, 0.3) is 0 Å². The second kappa shape index (κ2) is 5.10. The van der Waals surface area contributed by atoms with Crippen molar-refractivity contribution in [1.29, 1.82) is 5.41 Å². The van der Waals surface area contributed by atoms with E-state index in [4.69, 9.17) is 11.1 Å². The molecule has 0 fully saturated rings. The van der Waals surface area contributed by atoms with E-state index < -0.39 is 0 Å². The first-order valence-corrected chi connectivity index (χ1v) is 5.93. The number of hydrogen-bond acceptors (Lipinski definition) is 2. The van der Waals surface area contributed by atoms with E-state index in [9.17, 15) is 4.39 Å². The van der Waals surface area contributed by atoms with Gasteiger partial charge in [0.1, 0.15) is 11.7 Å². The Kier molecular flexibility index (Phi) is 3.51. The molecule has 0 radical (unpaired) electrons. The van der Waals surface area contributed by atoms with E-state index in [1.807, 2.05) is 37.1 Å². The number of nitrogens with two attached hydrogens (primary N) is 1. The van der Waals surface area contributed by atoms with Crippen molar-refractivity contribution in [2.45, 2.75) is 6.92 Å². The summed E-state index contributed by atoms with van der Waals surface area (Å²) in [5, 5.41) is 7.65. The largest absolute Gasteiger partial charge is 0.384 e. The van der Waals surface area contributed by atoms with Gasteiger partial charge in [-0.15, -0.1) is 0 Å². The lowest BCUT2D eigenvalue weighted by Gasteiger charge is -2.22. The van der Waals surface area contributed by atoms with Gasteiger partial charge < -0.3 is 10.6 Å². The molecule has 0 amide bonds. The Bertz CT molecular complexity index is 605. The molecule has 0 unspecified atom stereocenters. The molecule has 19 heavy (non-hydrogen) atoms. The first-order chi connectivity index (χ1) is 8.99. The molecule has 0 aromatic heterocycles. The number of amidine groups is 1. The van der Waals surface area contributed by atoms with Crippen LogP contribution in [0.4, 0.5) is 15.8 Å². The Morgan fingerprint density at radius 2 is 1.79 bits per heavy atom. The predicted molar refractivity (Wildman–Crippen MR) is 76.7 cm³/mol. The summed E-state index contributed by atoms with van der Waals surface area (Å²) in [6, 6.07) is 12.0. The average molecular weight is 257 g/mol. The van der Waals surface area contributed by atoms with E-state index >= 15 is 0 Å². The topological polar surface area (TPSA) is 53.1 Å². The maximum absolute atomic E-state index is 12.9. The molecule has 0 aliphatic heterocycles. The van der Waals surface area contributed by atoms with Gasteiger partial charge in [-0.1, -0.05) is 11.6 Å². The third kappa shape index (κ3) is 2.73. The van der Waals surface area contributed by atoms with E-state index in [-0.39, 0.29) is 11.7 Å². The Morgan fingerprint density at radius 1 is 1.16 bits per heavy atom. The summed E-state index contributed by atoms with van der Waals surface area (Å²) in [6.45, 7) is 1.95. The minimum Gasteiger partial charge on any atom is -0.384 e. The first-order valence-electron chi connectivity index (χ1n) is 5.93. The number of nitrogen functional groups attached to an aromatic ring is 1. The molecular formula is C15H16FN3. The number of hydrogen-bond donors (Lipinski definition) is 2. The van der Waals surface area contributed by atoms with Gasteiger partial charge >= 0.3 is 0 Å². The molecule has 0 spiro atoms. The predicted octanol–water partition coefficient (Wildman–Crippen LogP) is 3.19. The van der Waals surface area contributed by atoms with Crippen LogP contribution >= 0.6 is 0 Å². The van der Waals surface area contributed by atoms with Gasteiger partial charge in [-0.25, -0.2) is 4.39 Å². The van der Waals surface area contributed by atoms with Gasteiger partial charge in [0.15, 0.2) is 0 Å². The van der Waals surface area contributed by atoms with Gasteiger partial charge in [-0.2, -0.15) is 0 Å². The number of nitrogens with one attached hydrogen (secondary N) is 1. The summed E-state index contributed by atoms with van der Waals surface area (Å²) in [6.07, 6.45) is 0. The van der Waals surface area contributed by atoms with Crippen molar-refractivity contribution in [3.63, 3.8) is 0 Å². The summed E-state index contributed by atoms with van der Waals surface area (Å²) in [5.74, 6) is -0.250. The van der Waals surface area contributed by atoms with Crippen LogP contribution in [0.5, 0.6) is 0 Å². The highest BCUT2D eigenvalue weighted by Gasteiger charge is 2.11. The van der Waals surface area contributed by atoms with Gasteiger partial charge in [0.2, 0.25) is 0 Å². The van der Waals surface area contributed by atoms with E-state index in [1.165, 1.54) is 12.1 Å². The lowest BCUT2D eigenvalue weighted by atomic mass is 10.1. The first kappa shape index (κ1) is 13.1. The molecule has 2 rings (SSSR count). The highest BCUT2D eigenvalue weighted by Crippen LogP contribution is 2.27. The zero-order chi connectivity index (χ0) is 14.0. The number of nitrogens with zero attached hydrogens (tertiary/aromatic N) is 1. The summed E-state index contributed by atoms with van der Waals surface area (Å²) < 4.78 is 12.9. The molecule has 4 heteroatoms. The Balaban J connectivity index is 2.46. The SMILES string of the molecule is Cc1ccc(N(C)c2ccc(F)cc2)c(C(=N)N)c1. The standard InChI is InChI=1S/C15H16FN3/c1-10-3-8-14(13(9-10)15(17)18)19(2)12-6-4-11(16)5-7-12/h3-9H,1-2H3,(H3,17,18). The van der Waals surface area contributed by atoms with E-state index in [0.29, 0.717) is 5.56 Å². The van der Waals surface area contributed by atoms with Crippen molar-refractivity contribution in [2.75, 3.05) is 11.9 Å². The van der Waals surface area contributed by atoms with Crippen LogP contribution in [0.2, 0.25) is 0 Å². The fourth-order valence-electron chi connectivity index (χ4n) is 1.96. The third-order valence-corrected chi connectivity index (χ3v) is 3.02. The lowest BCUT2D eigenvalue weighted by molar-refractivity contribution is 0.628. The van der Waals surface area contributed by atoms with Gasteiger partial charge in [-0.3, -0.25) is 5.41 Å². The van der Waals surface area contributed by atoms with Crippen LogP contribution in [0.1, 0.15) is 11.1 Å². The van der Waals surface area contributed by atoms with Crippen molar-refractivity contribution in [3.8, 4) is 0 Å². The zero-order valence-corrected chi connectivity index (χ0v) is 10.9. The van der Waals surface area contributed by atoms with Gasteiger partial charge in [-0.05, 0) is 43.3 Å². The molecule has 0 atom stereocenters. The van der Waals surface area contributed by atoms with E-state index in [2.05, 4.69) is 0 Å². The molecule has 2 aromatic carbocycles. The van der Waals surface area contributed by atoms with Crippen LogP contribution in [0.25, 0.3) is 0 Å². The summed E-state index contributed by atoms with van der Waals surface area (Å²) in [5.41, 5.74) is 9.00. The van der Waals surface area contributed by atoms with Crippen LogP contribution in [-0.4, -0.2) is 12.9 Å². The maximum Gasteiger partial charge on any atom is 0.124 e. The van der Waals surface area contributed by atoms with Crippen LogP contribution in [0.15, 0.2) is 42.5 Å². The Labute approximate surface area is 112 Å². The Hall–Kier alpha value is -2.36. The van der Waals surface area contributed by atoms with Crippen LogP contribution in [0.3, 0.4) is 0 Å². The minimum absolute atomic E-state index is 0.0210. The molecule has 0 saturated carbocycles. The molecule has 3 nitrogen and oxygen atoms in total. The molecule has 0 heterocycles. The highest BCUT2D eigenvalue weighted by atomic mass is 19.1. The third-order valence-electron chi connectivity index (χ3n) is 3.02. The maximum atomic E-state index is 12.9. The van der Waals surface area contributed by atoms with Crippen LogP contribution < -0.4 is 10.6 Å². The number of aryl methyl sites for hydroxylation is 1. The lowest BCUT2D eigenvalue weighted by Crippen LogP contribution is -2.18. The number of rotatable bonds is 3. The second-order valence-electron chi connectivity index (χ2n) is 4.47. The molecule has 98 valence electrons. The van der Waals surface area contributed by atoms with Crippen LogP contribution in [0, 0.1) is 18.2 Å². The smallest absolute Gasteiger partial charge is 0.124 e. The minimum atomic E-state index is -0.271. The normalized spacial score (nSPS) is 10.3. The number of benzene rings is 2. The van der Waals surface area contributed by atoms with Crippen molar-refractivity contribution >= 4 is 17.2 Å². The van der Waals surface area contributed by atoms with Crippen molar-refractivity contribution in [3.05, 3.63) is 59.4 Å². The van der Waals surface area contributed by atoms with Gasteiger partial charge in [0, 0.05) is 18.3 Å². The molecule has 0 bridgehead atoms. The molecule has 0 aliphatic rings. The fourth-order valence-corrected chi connectivity index (χ4v) is 1.96. The molecule has 0 aliphatic carbocycles. The number of halogens is 1. The van der Waals surface area contributed by atoms with Crippen molar-refractivity contribution < 1.29 is 4.39 Å². The fraction of sp³-hybridized carbons (Fsp3) is 0.133. The van der Waals surface area contributed by atoms with Crippen molar-refractivity contribution in [2.24, 2.45) is 5.73 Å². The molecule has 3 N–H and O–H groups in total. The summed E-state index contributed by atoms with van der Waals surface area (Å²) >= 11 is 0. The summed E-state index contributed by atoms with van der Waals surface area (Å²) in [7, 11) is 1.87. The average Bonchev–Trinajstić information content (AvgIpc) is 2.38. The summed E-state index contributed by atoms with van der Waals surface area (Å²) in [4.78, 5) is 1.88. The van der Waals surface area contributed by atoms with Crippen molar-refractivity contribution in [1.82, 2.24) is 0 Å². The van der Waals surface area contributed by atoms with Crippen LogP contribution in [-0.2, 0) is 0 Å². The van der Waals surface area contributed by atoms with E-state index in [1.54, 1.807) is 12.1 Å². The number of anilines is 2. The second-order valence-corrected chi connectivity index (χ2v) is 4.47. The zero-order valence-electron chi connectivity index (χ0n) is 10.9. The monoisotopic (exact) mass is 257 g/mol. The quantitative estimate of drug-likeness (QED) is 0.655. The highest BCUT2D eigenvalue weighted by molar-refractivity contribution is 6.01. The Morgan fingerprint density at radius 3 is 2.37 bits per heavy atom. The molecular weight excluding hydrogens is 241 g/mol.